The Hall–Kier alpha value is -2.61. The third kappa shape index (κ3) is 4.90. The summed E-state index contributed by atoms with van der Waals surface area (Å²) in [6.07, 6.45) is 3.72. The molecule has 35 heavy (non-hydrogen) atoms. The number of amides is 4. The second kappa shape index (κ2) is 9.45. The van der Waals surface area contributed by atoms with Crippen LogP contribution in [-0.4, -0.2) is 75.6 Å². The zero-order valence-electron chi connectivity index (χ0n) is 21.9. The van der Waals surface area contributed by atoms with Crippen LogP contribution in [0.4, 0.5) is 9.59 Å². The zero-order valence-corrected chi connectivity index (χ0v) is 21.9. The minimum atomic E-state index is -0.726. The number of likely N-dealkylation sites (N-methyl/N-ethyl adjacent to an activating group) is 1. The van der Waals surface area contributed by atoms with E-state index in [-0.39, 0.29) is 36.1 Å². The summed E-state index contributed by atoms with van der Waals surface area (Å²) in [5.74, 6) is -0.0542. The minimum Gasteiger partial charge on any atom is -0.444 e. The van der Waals surface area contributed by atoms with Crippen molar-refractivity contribution in [3.05, 3.63) is 35.9 Å². The first-order valence-electron chi connectivity index (χ1n) is 12.8. The van der Waals surface area contributed by atoms with Crippen molar-refractivity contribution in [2.45, 2.75) is 102 Å². The Balaban J connectivity index is 1.48. The van der Waals surface area contributed by atoms with E-state index in [4.69, 9.17) is 4.74 Å². The Bertz CT molecular complexity index is 944. The van der Waals surface area contributed by atoms with Gasteiger partial charge >= 0.3 is 12.1 Å². The van der Waals surface area contributed by atoms with Gasteiger partial charge in [0.25, 0.3) is 5.91 Å². The molecule has 8 nitrogen and oxygen atoms in total. The maximum Gasteiger partial charge on any atom is 0.408 e. The number of rotatable bonds is 6. The van der Waals surface area contributed by atoms with Crippen molar-refractivity contribution in [1.29, 1.82) is 0 Å². The van der Waals surface area contributed by atoms with Crippen LogP contribution in [0.15, 0.2) is 30.3 Å². The van der Waals surface area contributed by atoms with Gasteiger partial charge in [0.2, 0.25) is 0 Å². The van der Waals surface area contributed by atoms with Crippen LogP contribution in [0.2, 0.25) is 0 Å². The average molecular weight is 485 g/mol. The van der Waals surface area contributed by atoms with Crippen LogP contribution < -0.4 is 5.32 Å². The standard InChI is InChI=1S/C27H40N4O4/c1-18(2)31-25(34)29(6)23(32)27(31)16-20-12-13-21(17-27)30(20)15-14-22(19-10-8-7-9-11-19)28-24(33)35-26(3,4)5/h7-11,18,20-22H,12-17H2,1-6H3,(H,28,33)/t20?,21?,22-,27?/m0/s1. The second-order valence-electron chi connectivity index (χ2n) is 11.6. The molecule has 0 aliphatic carbocycles. The Morgan fingerprint density at radius 2 is 1.71 bits per heavy atom. The van der Waals surface area contributed by atoms with Crippen LogP contribution in [0.1, 0.15) is 78.3 Å². The lowest BCUT2D eigenvalue weighted by atomic mass is 9.80. The van der Waals surface area contributed by atoms with E-state index in [1.54, 1.807) is 7.05 Å². The van der Waals surface area contributed by atoms with Gasteiger partial charge in [0.1, 0.15) is 11.1 Å². The quantitative estimate of drug-likeness (QED) is 0.609. The molecule has 3 saturated heterocycles. The molecule has 1 N–H and O–H groups in total. The van der Waals surface area contributed by atoms with Crippen LogP contribution in [0.25, 0.3) is 0 Å². The van der Waals surface area contributed by atoms with E-state index < -0.39 is 17.2 Å². The molecule has 1 aromatic carbocycles. The first-order valence-corrected chi connectivity index (χ1v) is 12.8. The number of carbonyl (C=O) groups excluding carboxylic acids is 3. The summed E-state index contributed by atoms with van der Waals surface area (Å²) < 4.78 is 5.52. The lowest BCUT2D eigenvalue weighted by molar-refractivity contribution is -0.137. The van der Waals surface area contributed by atoms with Gasteiger partial charge in [-0.3, -0.25) is 14.6 Å². The van der Waals surface area contributed by atoms with Crippen molar-refractivity contribution >= 4 is 18.0 Å². The molecule has 4 amide bonds. The number of nitrogens with one attached hydrogen (secondary N) is 1. The molecule has 2 unspecified atom stereocenters. The van der Waals surface area contributed by atoms with Gasteiger partial charge in [0.05, 0.1) is 6.04 Å². The van der Waals surface area contributed by atoms with E-state index in [1.165, 1.54) is 4.90 Å². The number of hydrogen-bond donors (Lipinski definition) is 1. The highest BCUT2D eigenvalue weighted by Crippen LogP contribution is 2.48. The molecular weight excluding hydrogens is 444 g/mol. The highest BCUT2D eigenvalue weighted by Gasteiger charge is 2.62. The molecular formula is C27H40N4O4. The first-order chi connectivity index (χ1) is 16.4. The summed E-state index contributed by atoms with van der Waals surface area (Å²) in [5, 5.41) is 3.07. The van der Waals surface area contributed by atoms with E-state index >= 15 is 0 Å². The number of benzene rings is 1. The molecule has 3 atom stereocenters. The van der Waals surface area contributed by atoms with E-state index in [0.717, 1.165) is 31.4 Å². The maximum absolute atomic E-state index is 13.3. The molecule has 3 aliphatic heterocycles. The Labute approximate surface area is 209 Å². The fraction of sp³-hybridized carbons (Fsp3) is 0.667. The topological polar surface area (TPSA) is 82.2 Å². The van der Waals surface area contributed by atoms with Gasteiger partial charge in [-0.05, 0) is 72.3 Å². The SMILES string of the molecule is CC(C)N1C(=O)N(C)C(=O)C12CC1CCC(C2)N1CC[C@H](NC(=O)OC(C)(C)C)c1ccccc1. The maximum atomic E-state index is 13.3. The Kier molecular flexibility index (Phi) is 6.88. The Morgan fingerprint density at radius 1 is 1.11 bits per heavy atom. The fourth-order valence-electron chi connectivity index (χ4n) is 6.35. The number of carbonyl (C=O) groups is 3. The number of ether oxygens (including phenoxy) is 1. The van der Waals surface area contributed by atoms with Crippen molar-refractivity contribution < 1.29 is 19.1 Å². The molecule has 8 heteroatoms. The van der Waals surface area contributed by atoms with Gasteiger partial charge in [0, 0.05) is 31.7 Å². The smallest absolute Gasteiger partial charge is 0.408 e. The molecule has 0 aromatic heterocycles. The second-order valence-corrected chi connectivity index (χ2v) is 11.6. The molecule has 0 saturated carbocycles. The lowest BCUT2D eigenvalue weighted by Gasteiger charge is -2.48. The van der Waals surface area contributed by atoms with Gasteiger partial charge < -0.3 is 15.0 Å². The molecule has 4 rings (SSSR count). The number of hydrogen-bond acceptors (Lipinski definition) is 5. The Morgan fingerprint density at radius 3 is 2.26 bits per heavy atom. The number of nitrogens with zero attached hydrogens (tertiary/aromatic N) is 3. The van der Waals surface area contributed by atoms with Crippen LogP contribution in [0.5, 0.6) is 0 Å². The molecule has 1 aromatic rings. The van der Waals surface area contributed by atoms with Crippen LogP contribution >= 0.6 is 0 Å². The van der Waals surface area contributed by atoms with Gasteiger partial charge in [-0.25, -0.2) is 9.59 Å². The molecule has 3 aliphatic rings. The molecule has 0 radical (unpaired) electrons. The molecule has 2 bridgehead atoms. The third-order valence-electron chi connectivity index (χ3n) is 7.66. The lowest BCUT2D eigenvalue weighted by Crippen LogP contribution is -2.61. The summed E-state index contributed by atoms with van der Waals surface area (Å²) in [6.45, 7) is 10.4. The summed E-state index contributed by atoms with van der Waals surface area (Å²) in [7, 11) is 1.61. The number of fused-ring (bicyclic) bond motifs is 2. The number of urea groups is 1. The predicted octanol–water partition coefficient (Wildman–Crippen LogP) is 4.31. The van der Waals surface area contributed by atoms with E-state index in [0.29, 0.717) is 12.8 Å². The van der Waals surface area contributed by atoms with Crippen molar-refractivity contribution in [1.82, 2.24) is 20.0 Å². The normalized spacial score (nSPS) is 27.7. The fourth-order valence-corrected chi connectivity index (χ4v) is 6.35. The van der Waals surface area contributed by atoms with Gasteiger partial charge in [-0.1, -0.05) is 30.3 Å². The highest BCUT2D eigenvalue weighted by molar-refractivity contribution is 6.07. The largest absolute Gasteiger partial charge is 0.444 e. The van der Waals surface area contributed by atoms with E-state index in [9.17, 15) is 14.4 Å². The van der Waals surface area contributed by atoms with Crippen molar-refractivity contribution in [2.75, 3.05) is 13.6 Å². The van der Waals surface area contributed by atoms with Crippen molar-refractivity contribution in [2.24, 2.45) is 0 Å². The number of alkyl carbamates (subject to hydrolysis) is 1. The average Bonchev–Trinajstić information content (AvgIpc) is 3.12. The van der Waals surface area contributed by atoms with Crippen molar-refractivity contribution in [3.8, 4) is 0 Å². The van der Waals surface area contributed by atoms with Crippen LogP contribution in [-0.2, 0) is 9.53 Å². The predicted molar refractivity (Wildman–Crippen MR) is 134 cm³/mol. The summed E-state index contributed by atoms with van der Waals surface area (Å²) in [6, 6.07) is 10.1. The van der Waals surface area contributed by atoms with Crippen LogP contribution in [0.3, 0.4) is 0 Å². The molecule has 3 fully saturated rings. The molecule has 1 spiro atoms. The van der Waals surface area contributed by atoms with Crippen LogP contribution in [0, 0.1) is 0 Å². The number of piperidine rings is 1. The summed E-state index contributed by atoms with van der Waals surface area (Å²) >= 11 is 0. The summed E-state index contributed by atoms with van der Waals surface area (Å²) in [5.41, 5.74) is -0.245. The monoisotopic (exact) mass is 484 g/mol. The van der Waals surface area contributed by atoms with Crippen molar-refractivity contribution in [3.63, 3.8) is 0 Å². The van der Waals surface area contributed by atoms with Gasteiger partial charge in [0.15, 0.2) is 0 Å². The number of imide groups is 1. The molecule has 192 valence electrons. The van der Waals surface area contributed by atoms with Gasteiger partial charge in [-0.15, -0.1) is 0 Å². The van der Waals surface area contributed by atoms with Gasteiger partial charge in [-0.2, -0.15) is 0 Å². The van der Waals surface area contributed by atoms with E-state index in [2.05, 4.69) is 10.2 Å². The molecule has 3 heterocycles. The highest BCUT2D eigenvalue weighted by atomic mass is 16.6. The summed E-state index contributed by atoms with van der Waals surface area (Å²) in [4.78, 5) is 44.4. The first kappa shape index (κ1) is 25.5. The third-order valence-corrected chi connectivity index (χ3v) is 7.66. The van der Waals surface area contributed by atoms with E-state index in [1.807, 2.05) is 69.9 Å². The minimum absolute atomic E-state index is 0.0251. The zero-order chi connectivity index (χ0) is 25.5.